The molecule has 2 atom stereocenters. The minimum absolute atomic E-state index is 0.0282. The van der Waals surface area contributed by atoms with Crippen LogP contribution in [0.2, 0.25) is 0 Å². The molecular formula is C14H19N3O2. The van der Waals surface area contributed by atoms with Crippen molar-refractivity contribution in [3.05, 3.63) is 30.2 Å². The first-order valence-corrected chi connectivity index (χ1v) is 6.44. The van der Waals surface area contributed by atoms with Crippen LogP contribution in [0.3, 0.4) is 0 Å². The first kappa shape index (κ1) is 13.5. The molecule has 102 valence electrons. The van der Waals surface area contributed by atoms with Gasteiger partial charge >= 0.3 is 0 Å². The Bertz CT molecular complexity index is 537. The van der Waals surface area contributed by atoms with E-state index in [1.54, 1.807) is 0 Å². The summed E-state index contributed by atoms with van der Waals surface area (Å²) in [5.41, 5.74) is 6.67. The van der Waals surface area contributed by atoms with Crippen LogP contribution in [0.25, 0.3) is 11.4 Å². The second kappa shape index (κ2) is 5.84. The van der Waals surface area contributed by atoms with Gasteiger partial charge in [-0.15, -0.1) is 0 Å². The molecule has 1 aromatic heterocycles. The smallest absolute Gasteiger partial charge is 0.231 e. The molecule has 0 spiro atoms. The molecule has 2 rings (SSSR count). The highest BCUT2D eigenvalue weighted by Gasteiger charge is 2.19. The SMILES string of the molecule is CCOc1ccccc1-c1noc(C(C)C(C)N)n1. The van der Waals surface area contributed by atoms with E-state index in [9.17, 15) is 0 Å². The second-order valence-corrected chi connectivity index (χ2v) is 4.53. The highest BCUT2D eigenvalue weighted by atomic mass is 16.5. The fourth-order valence-electron chi connectivity index (χ4n) is 1.69. The topological polar surface area (TPSA) is 74.2 Å². The van der Waals surface area contributed by atoms with Crippen LogP contribution in [0.5, 0.6) is 5.75 Å². The second-order valence-electron chi connectivity index (χ2n) is 4.53. The first-order valence-electron chi connectivity index (χ1n) is 6.44. The van der Waals surface area contributed by atoms with Gasteiger partial charge in [0.25, 0.3) is 0 Å². The molecule has 0 amide bonds. The zero-order chi connectivity index (χ0) is 13.8. The lowest BCUT2D eigenvalue weighted by Crippen LogP contribution is -2.22. The number of hydrogen-bond donors (Lipinski definition) is 1. The maximum absolute atomic E-state index is 5.84. The van der Waals surface area contributed by atoms with Gasteiger partial charge in [-0.3, -0.25) is 0 Å². The molecule has 0 fully saturated rings. The van der Waals surface area contributed by atoms with Crippen molar-refractivity contribution in [2.24, 2.45) is 5.73 Å². The van der Waals surface area contributed by atoms with Crippen molar-refractivity contribution in [1.29, 1.82) is 0 Å². The number of nitrogens with zero attached hydrogens (tertiary/aromatic N) is 2. The van der Waals surface area contributed by atoms with Crippen molar-refractivity contribution in [1.82, 2.24) is 10.1 Å². The van der Waals surface area contributed by atoms with Crippen LogP contribution in [0, 0.1) is 0 Å². The van der Waals surface area contributed by atoms with E-state index < -0.39 is 0 Å². The van der Waals surface area contributed by atoms with Crippen molar-refractivity contribution in [2.75, 3.05) is 6.61 Å². The van der Waals surface area contributed by atoms with Crippen LogP contribution in [0.4, 0.5) is 0 Å². The summed E-state index contributed by atoms with van der Waals surface area (Å²) >= 11 is 0. The predicted octanol–water partition coefficient (Wildman–Crippen LogP) is 2.59. The Labute approximate surface area is 112 Å². The molecule has 2 aromatic rings. The van der Waals surface area contributed by atoms with Gasteiger partial charge in [-0.1, -0.05) is 24.2 Å². The molecule has 0 aliphatic carbocycles. The van der Waals surface area contributed by atoms with E-state index in [1.807, 2.05) is 45.0 Å². The van der Waals surface area contributed by atoms with Crippen LogP contribution in [-0.2, 0) is 0 Å². The number of hydrogen-bond acceptors (Lipinski definition) is 5. The molecule has 2 unspecified atom stereocenters. The van der Waals surface area contributed by atoms with Crippen molar-refractivity contribution in [3.8, 4) is 17.1 Å². The van der Waals surface area contributed by atoms with E-state index in [4.69, 9.17) is 15.0 Å². The lowest BCUT2D eigenvalue weighted by atomic mass is 10.1. The van der Waals surface area contributed by atoms with E-state index in [2.05, 4.69) is 10.1 Å². The highest BCUT2D eigenvalue weighted by molar-refractivity contribution is 5.63. The minimum atomic E-state index is -0.0320. The van der Waals surface area contributed by atoms with Gasteiger partial charge < -0.3 is 15.0 Å². The molecule has 0 aliphatic heterocycles. The predicted molar refractivity (Wildman–Crippen MR) is 73.0 cm³/mol. The van der Waals surface area contributed by atoms with E-state index in [-0.39, 0.29) is 12.0 Å². The first-order chi connectivity index (χ1) is 9.13. The average Bonchev–Trinajstić information content (AvgIpc) is 2.88. The summed E-state index contributed by atoms with van der Waals surface area (Å²) < 4.78 is 10.8. The van der Waals surface area contributed by atoms with Gasteiger partial charge in [-0.25, -0.2) is 0 Å². The molecule has 0 radical (unpaired) electrons. The summed E-state index contributed by atoms with van der Waals surface area (Å²) in [5, 5.41) is 4.01. The zero-order valence-corrected chi connectivity index (χ0v) is 11.5. The molecule has 2 N–H and O–H groups in total. The fourth-order valence-corrected chi connectivity index (χ4v) is 1.69. The third-order valence-electron chi connectivity index (χ3n) is 3.05. The van der Waals surface area contributed by atoms with Crippen molar-refractivity contribution in [3.63, 3.8) is 0 Å². The van der Waals surface area contributed by atoms with Crippen molar-refractivity contribution in [2.45, 2.75) is 32.7 Å². The summed E-state index contributed by atoms with van der Waals surface area (Å²) in [5.74, 6) is 1.87. The average molecular weight is 261 g/mol. The van der Waals surface area contributed by atoms with Gasteiger partial charge in [-0.05, 0) is 26.0 Å². The molecule has 0 bridgehead atoms. The molecule has 5 nitrogen and oxygen atoms in total. The third kappa shape index (κ3) is 2.93. The van der Waals surface area contributed by atoms with Crippen molar-refractivity contribution < 1.29 is 9.26 Å². The number of rotatable bonds is 5. The summed E-state index contributed by atoms with van der Waals surface area (Å²) in [7, 11) is 0. The largest absolute Gasteiger partial charge is 0.493 e. The standard InChI is InChI=1S/C14H19N3O2/c1-4-18-12-8-6-5-7-11(12)13-16-14(19-17-13)9(2)10(3)15/h5-10H,4,15H2,1-3H3. The maximum atomic E-state index is 5.84. The molecule has 1 heterocycles. The molecule has 0 aliphatic rings. The lowest BCUT2D eigenvalue weighted by Gasteiger charge is -2.09. The minimum Gasteiger partial charge on any atom is -0.493 e. The van der Waals surface area contributed by atoms with Crippen LogP contribution in [0.1, 0.15) is 32.6 Å². The van der Waals surface area contributed by atoms with Gasteiger partial charge in [0, 0.05) is 6.04 Å². The summed E-state index contributed by atoms with van der Waals surface area (Å²) in [4.78, 5) is 4.41. The van der Waals surface area contributed by atoms with Gasteiger partial charge in [0.05, 0.1) is 18.1 Å². The summed E-state index contributed by atoms with van der Waals surface area (Å²) in [6, 6.07) is 7.61. The van der Waals surface area contributed by atoms with Crippen LogP contribution >= 0.6 is 0 Å². The van der Waals surface area contributed by atoms with E-state index >= 15 is 0 Å². The Balaban J connectivity index is 2.32. The summed E-state index contributed by atoms with van der Waals surface area (Å²) in [6.45, 7) is 6.42. The normalized spacial score (nSPS) is 14.1. The molecule has 5 heteroatoms. The number of aromatic nitrogens is 2. The van der Waals surface area contributed by atoms with Crippen LogP contribution < -0.4 is 10.5 Å². The fraction of sp³-hybridized carbons (Fsp3) is 0.429. The molecule has 1 aromatic carbocycles. The molecule has 0 saturated heterocycles. The lowest BCUT2D eigenvalue weighted by molar-refractivity contribution is 0.339. The summed E-state index contributed by atoms with van der Waals surface area (Å²) in [6.07, 6.45) is 0. The Hall–Kier alpha value is -1.88. The van der Waals surface area contributed by atoms with E-state index in [0.29, 0.717) is 18.3 Å². The van der Waals surface area contributed by atoms with Crippen LogP contribution in [-0.4, -0.2) is 22.8 Å². The number of para-hydroxylation sites is 1. The van der Waals surface area contributed by atoms with Gasteiger partial charge in [0.2, 0.25) is 11.7 Å². The molecular weight excluding hydrogens is 242 g/mol. The molecule has 0 saturated carbocycles. The van der Waals surface area contributed by atoms with Gasteiger partial charge in [0.15, 0.2) is 0 Å². The Morgan fingerprint density at radius 2 is 2.05 bits per heavy atom. The van der Waals surface area contributed by atoms with E-state index in [1.165, 1.54) is 0 Å². The third-order valence-corrected chi connectivity index (χ3v) is 3.05. The zero-order valence-electron chi connectivity index (χ0n) is 11.5. The van der Waals surface area contributed by atoms with E-state index in [0.717, 1.165) is 11.3 Å². The van der Waals surface area contributed by atoms with Gasteiger partial charge in [-0.2, -0.15) is 4.98 Å². The quantitative estimate of drug-likeness (QED) is 0.895. The molecule has 19 heavy (non-hydrogen) atoms. The number of nitrogens with two attached hydrogens (primary N) is 1. The van der Waals surface area contributed by atoms with Crippen molar-refractivity contribution >= 4 is 0 Å². The number of benzene rings is 1. The Morgan fingerprint density at radius 1 is 1.32 bits per heavy atom. The number of ether oxygens (including phenoxy) is 1. The maximum Gasteiger partial charge on any atom is 0.231 e. The van der Waals surface area contributed by atoms with Crippen LogP contribution in [0.15, 0.2) is 28.8 Å². The Kier molecular flexibility index (Phi) is 4.16. The van der Waals surface area contributed by atoms with Gasteiger partial charge in [0.1, 0.15) is 5.75 Å². The highest BCUT2D eigenvalue weighted by Crippen LogP contribution is 2.28. The monoisotopic (exact) mass is 261 g/mol. The Morgan fingerprint density at radius 3 is 2.74 bits per heavy atom.